The third-order valence-electron chi connectivity index (χ3n) is 6.09. The summed E-state index contributed by atoms with van der Waals surface area (Å²) in [5, 5.41) is 6.56. The summed E-state index contributed by atoms with van der Waals surface area (Å²) in [7, 11) is 1.67. The van der Waals surface area contributed by atoms with Crippen LogP contribution in [0.1, 0.15) is 36.0 Å². The fourth-order valence-corrected chi connectivity index (χ4v) is 4.26. The number of nitrogens with one attached hydrogen (secondary N) is 2. The van der Waals surface area contributed by atoms with Gasteiger partial charge in [0.05, 0.1) is 5.56 Å². The molecule has 2 N–H and O–H groups in total. The second-order valence-electron chi connectivity index (χ2n) is 8.11. The maximum atomic E-state index is 12.7. The van der Waals surface area contributed by atoms with E-state index in [1.54, 1.807) is 43.4 Å². The lowest BCUT2D eigenvalue weighted by atomic mass is 9.81. The summed E-state index contributed by atoms with van der Waals surface area (Å²) in [5.41, 5.74) is 1.70. The van der Waals surface area contributed by atoms with Crippen molar-refractivity contribution in [3.8, 4) is 11.1 Å². The average Bonchev–Trinajstić information content (AvgIpc) is 2.82. The minimum Gasteiger partial charge on any atom is -0.422 e. The second kappa shape index (κ2) is 9.16. The molecular weight excluding hydrogens is 392 g/mol. The first kappa shape index (κ1) is 20.8. The highest BCUT2D eigenvalue weighted by atomic mass is 16.4. The van der Waals surface area contributed by atoms with Gasteiger partial charge < -0.3 is 15.1 Å². The minimum atomic E-state index is -0.427. The van der Waals surface area contributed by atoms with Crippen molar-refractivity contribution in [2.75, 3.05) is 13.6 Å². The molecule has 1 aliphatic rings. The molecule has 6 nitrogen and oxygen atoms in total. The van der Waals surface area contributed by atoms with Crippen LogP contribution >= 0.6 is 0 Å². The summed E-state index contributed by atoms with van der Waals surface area (Å²) in [6.45, 7) is 0.585. The van der Waals surface area contributed by atoms with Crippen molar-refractivity contribution in [2.45, 2.75) is 25.7 Å². The van der Waals surface area contributed by atoms with Crippen LogP contribution in [0.3, 0.4) is 0 Å². The van der Waals surface area contributed by atoms with Crippen molar-refractivity contribution in [3.05, 3.63) is 70.6 Å². The lowest BCUT2D eigenvalue weighted by Gasteiger charge is -2.27. The van der Waals surface area contributed by atoms with Gasteiger partial charge in [0.25, 0.3) is 5.91 Å². The number of carbonyl (C=O) groups is 2. The number of hydrogen-bond donors (Lipinski definition) is 2. The quantitative estimate of drug-likeness (QED) is 0.618. The van der Waals surface area contributed by atoms with Gasteiger partial charge in [-0.3, -0.25) is 9.59 Å². The SMILES string of the molecule is CNC(=O)C1CCC(CNC(=O)c2cccc(-c3cc4ccccc4oc3=O)c2)CC1. The molecule has 4 rings (SSSR count). The first-order valence-corrected chi connectivity index (χ1v) is 10.7. The Morgan fingerprint density at radius 3 is 2.55 bits per heavy atom. The largest absolute Gasteiger partial charge is 0.422 e. The van der Waals surface area contributed by atoms with E-state index in [9.17, 15) is 14.4 Å². The molecule has 0 aliphatic heterocycles. The number of carbonyl (C=O) groups excluding carboxylic acids is 2. The van der Waals surface area contributed by atoms with Gasteiger partial charge in [0.1, 0.15) is 5.58 Å². The van der Waals surface area contributed by atoms with E-state index in [-0.39, 0.29) is 17.7 Å². The summed E-state index contributed by atoms with van der Waals surface area (Å²) >= 11 is 0. The number of rotatable bonds is 5. The molecule has 160 valence electrons. The molecular formula is C25H26N2O4. The molecule has 31 heavy (non-hydrogen) atoms. The molecule has 1 aliphatic carbocycles. The van der Waals surface area contributed by atoms with Gasteiger partial charge in [-0.25, -0.2) is 4.79 Å². The van der Waals surface area contributed by atoms with Crippen LogP contribution in [-0.2, 0) is 4.79 Å². The summed E-state index contributed by atoms with van der Waals surface area (Å²) in [6, 6.07) is 16.2. The minimum absolute atomic E-state index is 0.0855. The van der Waals surface area contributed by atoms with E-state index in [4.69, 9.17) is 4.42 Å². The monoisotopic (exact) mass is 418 g/mol. The van der Waals surface area contributed by atoms with Crippen molar-refractivity contribution in [1.82, 2.24) is 10.6 Å². The maximum absolute atomic E-state index is 12.7. The molecule has 0 saturated heterocycles. The van der Waals surface area contributed by atoms with Crippen molar-refractivity contribution < 1.29 is 14.0 Å². The van der Waals surface area contributed by atoms with Crippen molar-refractivity contribution in [3.63, 3.8) is 0 Å². The third kappa shape index (κ3) is 4.68. The number of amides is 2. The highest BCUT2D eigenvalue weighted by Crippen LogP contribution is 2.28. The normalized spacial score (nSPS) is 18.5. The number of hydrogen-bond acceptors (Lipinski definition) is 4. The third-order valence-corrected chi connectivity index (χ3v) is 6.09. The van der Waals surface area contributed by atoms with Gasteiger partial charge in [-0.2, -0.15) is 0 Å². The fourth-order valence-electron chi connectivity index (χ4n) is 4.26. The first-order valence-electron chi connectivity index (χ1n) is 10.7. The predicted molar refractivity (Wildman–Crippen MR) is 120 cm³/mol. The van der Waals surface area contributed by atoms with Gasteiger partial charge in [0.15, 0.2) is 0 Å². The van der Waals surface area contributed by atoms with Crippen molar-refractivity contribution >= 4 is 22.8 Å². The molecule has 1 saturated carbocycles. The Hall–Kier alpha value is -3.41. The zero-order chi connectivity index (χ0) is 21.8. The van der Waals surface area contributed by atoms with E-state index >= 15 is 0 Å². The van der Waals surface area contributed by atoms with Crippen LogP contribution in [0.4, 0.5) is 0 Å². The van der Waals surface area contributed by atoms with Gasteiger partial charge in [-0.1, -0.05) is 30.3 Å². The zero-order valence-corrected chi connectivity index (χ0v) is 17.5. The highest BCUT2D eigenvalue weighted by Gasteiger charge is 2.25. The second-order valence-corrected chi connectivity index (χ2v) is 8.11. The van der Waals surface area contributed by atoms with Crippen LogP contribution in [0.5, 0.6) is 0 Å². The number of benzene rings is 2. The molecule has 2 aromatic carbocycles. The maximum Gasteiger partial charge on any atom is 0.344 e. The van der Waals surface area contributed by atoms with Crippen LogP contribution in [0, 0.1) is 11.8 Å². The smallest absolute Gasteiger partial charge is 0.344 e. The Morgan fingerprint density at radius 2 is 1.77 bits per heavy atom. The number of para-hydroxylation sites is 1. The molecule has 0 bridgehead atoms. The van der Waals surface area contributed by atoms with E-state index in [1.165, 1.54) is 0 Å². The Labute approximate surface area is 180 Å². The molecule has 2 amide bonds. The highest BCUT2D eigenvalue weighted by molar-refractivity contribution is 5.95. The van der Waals surface area contributed by atoms with E-state index in [1.807, 2.05) is 18.2 Å². The van der Waals surface area contributed by atoms with Gasteiger partial charge in [0, 0.05) is 30.5 Å². The first-order chi connectivity index (χ1) is 15.0. The van der Waals surface area contributed by atoms with E-state index in [0.29, 0.717) is 34.7 Å². The van der Waals surface area contributed by atoms with E-state index < -0.39 is 5.63 Å². The summed E-state index contributed by atoms with van der Waals surface area (Å²) in [6.07, 6.45) is 3.56. The molecule has 0 atom stereocenters. The summed E-state index contributed by atoms with van der Waals surface area (Å²) in [4.78, 5) is 36.9. The molecule has 1 fully saturated rings. The van der Waals surface area contributed by atoms with Crippen LogP contribution in [0.2, 0.25) is 0 Å². The Balaban J connectivity index is 1.43. The standard InChI is InChI=1S/C25H26N2O4/c1-26-23(28)17-11-9-16(10-12-17)15-27-24(29)20-7-4-6-18(13-20)21-14-19-5-2-3-8-22(19)31-25(21)30/h2-8,13-14,16-17H,9-12,15H2,1H3,(H,26,28)(H,27,29). The Kier molecular flexibility index (Phi) is 6.16. The topological polar surface area (TPSA) is 88.4 Å². The van der Waals surface area contributed by atoms with Crippen molar-refractivity contribution in [2.24, 2.45) is 11.8 Å². The van der Waals surface area contributed by atoms with Gasteiger partial charge in [-0.15, -0.1) is 0 Å². The van der Waals surface area contributed by atoms with Crippen LogP contribution in [-0.4, -0.2) is 25.4 Å². The average molecular weight is 418 g/mol. The molecule has 1 aromatic heterocycles. The molecule has 6 heteroatoms. The predicted octanol–water partition coefficient (Wildman–Crippen LogP) is 3.74. The molecule has 3 aromatic rings. The Morgan fingerprint density at radius 1 is 1.00 bits per heavy atom. The van der Waals surface area contributed by atoms with Crippen molar-refractivity contribution in [1.29, 1.82) is 0 Å². The lowest BCUT2D eigenvalue weighted by Crippen LogP contribution is -2.34. The molecule has 0 spiro atoms. The van der Waals surface area contributed by atoms with Gasteiger partial charge in [0.2, 0.25) is 5.91 Å². The molecule has 1 heterocycles. The van der Waals surface area contributed by atoms with Gasteiger partial charge >= 0.3 is 5.63 Å². The van der Waals surface area contributed by atoms with Crippen LogP contribution in [0.15, 0.2) is 63.8 Å². The molecule has 0 unspecified atom stereocenters. The fraction of sp³-hybridized carbons (Fsp3) is 0.320. The van der Waals surface area contributed by atoms with Crippen LogP contribution < -0.4 is 16.3 Å². The zero-order valence-electron chi connectivity index (χ0n) is 17.5. The van der Waals surface area contributed by atoms with Gasteiger partial charge in [-0.05, 0) is 61.4 Å². The summed E-state index contributed by atoms with van der Waals surface area (Å²) in [5.74, 6) is 0.403. The Bertz CT molecular complexity index is 1160. The lowest BCUT2D eigenvalue weighted by molar-refractivity contribution is -0.125. The van der Waals surface area contributed by atoms with Crippen LogP contribution in [0.25, 0.3) is 22.1 Å². The van der Waals surface area contributed by atoms with E-state index in [0.717, 1.165) is 31.1 Å². The summed E-state index contributed by atoms with van der Waals surface area (Å²) < 4.78 is 5.42. The van der Waals surface area contributed by atoms with E-state index in [2.05, 4.69) is 10.6 Å². The number of fused-ring (bicyclic) bond motifs is 1. The molecule has 0 radical (unpaired) electrons.